The number of rotatable bonds is 4. The Kier molecular flexibility index (Phi) is 3.50. The molecule has 1 aromatic heterocycles. The summed E-state index contributed by atoms with van der Waals surface area (Å²) < 4.78 is 0. The van der Waals surface area contributed by atoms with Gasteiger partial charge in [-0.25, -0.2) is 0 Å². The molecule has 20 heavy (non-hydrogen) atoms. The molecule has 2 aromatic carbocycles. The SMILES string of the molecule is O=C(Cc1ccccc1)Cc1nncc2ccccc12. The summed E-state index contributed by atoms with van der Waals surface area (Å²) in [6, 6.07) is 17.6. The Labute approximate surface area is 117 Å². The summed E-state index contributed by atoms with van der Waals surface area (Å²) in [5, 5.41) is 10.1. The molecule has 0 aliphatic rings. The second kappa shape index (κ2) is 5.61. The van der Waals surface area contributed by atoms with Crippen LogP contribution in [0.4, 0.5) is 0 Å². The molecule has 0 amide bonds. The van der Waals surface area contributed by atoms with E-state index >= 15 is 0 Å². The summed E-state index contributed by atoms with van der Waals surface area (Å²) in [5.74, 6) is 0.154. The highest BCUT2D eigenvalue weighted by atomic mass is 16.1. The van der Waals surface area contributed by atoms with Crippen molar-refractivity contribution in [2.24, 2.45) is 0 Å². The molecule has 1 heterocycles. The van der Waals surface area contributed by atoms with E-state index in [-0.39, 0.29) is 5.78 Å². The van der Waals surface area contributed by atoms with E-state index in [1.807, 2.05) is 54.6 Å². The smallest absolute Gasteiger partial charge is 0.143 e. The Hall–Kier alpha value is -2.55. The summed E-state index contributed by atoms with van der Waals surface area (Å²) in [5.41, 5.74) is 1.79. The molecule has 0 N–H and O–H groups in total. The monoisotopic (exact) mass is 262 g/mol. The number of hydrogen-bond donors (Lipinski definition) is 0. The van der Waals surface area contributed by atoms with Gasteiger partial charge in [0.1, 0.15) is 5.78 Å². The Balaban J connectivity index is 1.81. The fourth-order valence-electron chi connectivity index (χ4n) is 2.29. The highest BCUT2D eigenvalue weighted by Crippen LogP contribution is 2.16. The van der Waals surface area contributed by atoms with Crippen molar-refractivity contribution in [1.82, 2.24) is 10.2 Å². The van der Waals surface area contributed by atoms with Crippen molar-refractivity contribution < 1.29 is 4.79 Å². The summed E-state index contributed by atoms with van der Waals surface area (Å²) >= 11 is 0. The highest BCUT2D eigenvalue weighted by Gasteiger charge is 2.09. The maximum Gasteiger partial charge on any atom is 0.143 e. The predicted molar refractivity (Wildman–Crippen MR) is 78.4 cm³/mol. The molecule has 0 spiro atoms. The largest absolute Gasteiger partial charge is 0.299 e. The van der Waals surface area contributed by atoms with E-state index in [0.29, 0.717) is 12.8 Å². The Morgan fingerprint density at radius 1 is 0.900 bits per heavy atom. The molecule has 0 radical (unpaired) electrons. The van der Waals surface area contributed by atoms with Gasteiger partial charge in [-0.2, -0.15) is 10.2 Å². The van der Waals surface area contributed by atoms with Gasteiger partial charge in [-0.05, 0) is 5.56 Å². The van der Waals surface area contributed by atoms with Crippen LogP contribution in [0.25, 0.3) is 10.8 Å². The lowest BCUT2D eigenvalue weighted by atomic mass is 10.0. The molecular weight excluding hydrogens is 248 g/mol. The molecule has 3 heteroatoms. The van der Waals surface area contributed by atoms with Crippen LogP contribution in [0.3, 0.4) is 0 Å². The van der Waals surface area contributed by atoms with Crippen LogP contribution in [0.5, 0.6) is 0 Å². The van der Waals surface area contributed by atoms with Crippen LogP contribution in [-0.2, 0) is 17.6 Å². The number of ketones is 1. The average molecular weight is 262 g/mol. The average Bonchev–Trinajstić information content (AvgIpc) is 2.48. The first kappa shape index (κ1) is 12.5. The minimum atomic E-state index is 0.154. The summed E-state index contributed by atoms with van der Waals surface area (Å²) in [6.45, 7) is 0. The lowest BCUT2D eigenvalue weighted by Crippen LogP contribution is -2.08. The summed E-state index contributed by atoms with van der Waals surface area (Å²) in [4.78, 5) is 12.2. The molecule has 0 bridgehead atoms. The number of Topliss-reactive ketones (excluding diaryl/α,β-unsaturated/α-hetero) is 1. The first-order chi connectivity index (χ1) is 9.83. The molecule has 0 atom stereocenters. The van der Waals surface area contributed by atoms with Crippen LogP contribution in [0.2, 0.25) is 0 Å². The molecule has 0 saturated carbocycles. The van der Waals surface area contributed by atoms with E-state index in [4.69, 9.17) is 0 Å². The van der Waals surface area contributed by atoms with Gasteiger partial charge in [-0.3, -0.25) is 4.79 Å². The van der Waals surface area contributed by atoms with E-state index in [1.165, 1.54) is 0 Å². The lowest BCUT2D eigenvalue weighted by Gasteiger charge is -2.04. The fraction of sp³-hybridized carbons (Fsp3) is 0.118. The molecule has 0 aliphatic carbocycles. The normalized spacial score (nSPS) is 10.6. The van der Waals surface area contributed by atoms with Crippen molar-refractivity contribution in [2.75, 3.05) is 0 Å². The number of nitrogens with zero attached hydrogens (tertiary/aromatic N) is 2. The van der Waals surface area contributed by atoms with E-state index in [9.17, 15) is 4.79 Å². The van der Waals surface area contributed by atoms with E-state index in [1.54, 1.807) is 6.20 Å². The predicted octanol–water partition coefficient (Wildman–Crippen LogP) is 2.98. The van der Waals surface area contributed by atoms with E-state index < -0.39 is 0 Å². The number of aromatic nitrogens is 2. The zero-order valence-electron chi connectivity index (χ0n) is 11.0. The molecule has 0 saturated heterocycles. The van der Waals surface area contributed by atoms with Gasteiger partial charge in [0.2, 0.25) is 0 Å². The van der Waals surface area contributed by atoms with Crippen molar-refractivity contribution in [2.45, 2.75) is 12.8 Å². The van der Waals surface area contributed by atoms with Crippen molar-refractivity contribution in [3.8, 4) is 0 Å². The molecule has 0 aliphatic heterocycles. The van der Waals surface area contributed by atoms with Crippen LogP contribution >= 0.6 is 0 Å². The minimum absolute atomic E-state index is 0.154. The van der Waals surface area contributed by atoms with Gasteiger partial charge in [-0.15, -0.1) is 0 Å². The fourth-order valence-corrected chi connectivity index (χ4v) is 2.29. The maximum absolute atomic E-state index is 12.2. The number of benzene rings is 2. The molecule has 3 nitrogen and oxygen atoms in total. The summed E-state index contributed by atoms with van der Waals surface area (Å²) in [7, 11) is 0. The van der Waals surface area contributed by atoms with Crippen LogP contribution in [0.15, 0.2) is 60.8 Å². The number of carbonyl (C=O) groups excluding carboxylic acids is 1. The number of hydrogen-bond acceptors (Lipinski definition) is 3. The standard InChI is InChI=1S/C17H14N2O/c20-15(10-13-6-2-1-3-7-13)11-17-16-9-5-4-8-14(16)12-18-19-17/h1-9,12H,10-11H2. The van der Waals surface area contributed by atoms with Crippen molar-refractivity contribution in [3.05, 3.63) is 72.1 Å². The van der Waals surface area contributed by atoms with Gasteiger partial charge in [0.15, 0.2) is 0 Å². The van der Waals surface area contributed by atoms with E-state index in [0.717, 1.165) is 22.0 Å². The van der Waals surface area contributed by atoms with Crippen LogP contribution in [0.1, 0.15) is 11.3 Å². The van der Waals surface area contributed by atoms with Crippen LogP contribution in [0, 0.1) is 0 Å². The number of carbonyl (C=O) groups is 1. The zero-order valence-corrected chi connectivity index (χ0v) is 11.0. The lowest BCUT2D eigenvalue weighted by molar-refractivity contribution is -0.117. The second-order valence-corrected chi connectivity index (χ2v) is 4.76. The Morgan fingerprint density at radius 3 is 2.50 bits per heavy atom. The third-order valence-corrected chi connectivity index (χ3v) is 3.26. The molecule has 3 aromatic rings. The molecule has 98 valence electrons. The Bertz CT molecular complexity index is 733. The molecule has 3 rings (SSSR count). The van der Waals surface area contributed by atoms with Gasteiger partial charge >= 0.3 is 0 Å². The van der Waals surface area contributed by atoms with Gasteiger partial charge in [0.05, 0.1) is 18.3 Å². The third-order valence-electron chi connectivity index (χ3n) is 3.26. The summed E-state index contributed by atoms with van der Waals surface area (Å²) in [6.07, 6.45) is 2.48. The topological polar surface area (TPSA) is 42.9 Å². The third kappa shape index (κ3) is 2.72. The van der Waals surface area contributed by atoms with Gasteiger partial charge in [0, 0.05) is 17.2 Å². The van der Waals surface area contributed by atoms with Crippen LogP contribution in [-0.4, -0.2) is 16.0 Å². The van der Waals surface area contributed by atoms with Gasteiger partial charge in [0.25, 0.3) is 0 Å². The maximum atomic E-state index is 12.2. The quantitative estimate of drug-likeness (QED) is 0.726. The first-order valence-corrected chi connectivity index (χ1v) is 6.58. The molecule has 0 unspecified atom stereocenters. The molecule has 0 fully saturated rings. The highest BCUT2D eigenvalue weighted by molar-refractivity contribution is 5.89. The number of fused-ring (bicyclic) bond motifs is 1. The first-order valence-electron chi connectivity index (χ1n) is 6.58. The van der Waals surface area contributed by atoms with Crippen LogP contribution < -0.4 is 0 Å². The Morgan fingerprint density at radius 2 is 1.65 bits per heavy atom. The second-order valence-electron chi connectivity index (χ2n) is 4.76. The molecular formula is C17H14N2O. The van der Waals surface area contributed by atoms with Crippen molar-refractivity contribution >= 4 is 16.6 Å². The van der Waals surface area contributed by atoms with Gasteiger partial charge in [-0.1, -0.05) is 54.6 Å². The van der Waals surface area contributed by atoms with Gasteiger partial charge < -0.3 is 0 Å². The van der Waals surface area contributed by atoms with E-state index in [2.05, 4.69) is 10.2 Å². The zero-order chi connectivity index (χ0) is 13.8. The van der Waals surface area contributed by atoms with Crippen molar-refractivity contribution in [1.29, 1.82) is 0 Å². The van der Waals surface area contributed by atoms with Crippen molar-refractivity contribution in [3.63, 3.8) is 0 Å². The minimum Gasteiger partial charge on any atom is -0.299 e.